The number of ether oxygens (including phenoxy) is 1. The number of piperidine rings is 1. The molecule has 0 aliphatic carbocycles. The van der Waals surface area contributed by atoms with Crippen LogP contribution in [0.2, 0.25) is 5.02 Å². The molecule has 1 aromatic rings. The predicted octanol–water partition coefficient (Wildman–Crippen LogP) is 2.32. The molecule has 4 nitrogen and oxygen atoms in total. The number of nitrogens with one attached hydrogen (secondary N) is 1. The van der Waals surface area contributed by atoms with Gasteiger partial charge in [-0.3, -0.25) is 4.79 Å². The summed E-state index contributed by atoms with van der Waals surface area (Å²) in [6.45, 7) is 4.76. The third-order valence-corrected chi connectivity index (χ3v) is 3.80. The summed E-state index contributed by atoms with van der Waals surface area (Å²) in [6.07, 6.45) is 2.02. The summed E-state index contributed by atoms with van der Waals surface area (Å²) in [5.41, 5.74) is 0. The SMILES string of the molecule is CCN(C(=O)COc1cccc(Cl)c1)C1CCNCC1. The Morgan fingerprint density at radius 2 is 2.20 bits per heavy atom. The molecule has 0 bridgehead atoms. The van der Waals surface area contributed by atoms with Gasteiger partial charge in [0.15, 0.2) is 6.61 Å². The summed E-state index contributed by atoms with van der Waals surface area (Å²) < 4.78 is 5.53. The van der Waals surface area contributed by atoms with Gasteiger partial charge in [0, 0.05) is 17.6 Å². The highest BCUT2D eigenvalue weighted by Crippen LogP contribution is 2.18. The molecule has 1 aliphatic rings. The summed E-state index contributed by atoms with van der Waals surface area (Å²) in [5.74, 6) is 0.673. The third-order valence-electron chi connectivity index (χ3n) is 3.57. The highest BCUT2D eigenvalue weighted by Gasteiger charge is 2.24. The Kier molecular flexibility index (Phi) is 5.68. The fourth-order valence-electron chi connectivity index (χ4n) is 2.54. The van der Waals surface area contributed by atoms with E-state index >= 15 is 0 Å². The smallest absolute Gasteiger partial charge is 0.260 e. The molecule has 1 amide bonds. The first-order chi connectivity index (χ1) is 9.70. The first kappa shape index (κ1) is 15.1. The maximum absolute atomic E-state index is 12.3. The molecule has 0 atom stereocenters. The van der Waals surface area contributed by atoms with E-state index in [2.05, 4.69) is 5.32 Å². The van der Waals surface area contributed by atoms with Crippen molar-refractivity contribution >= 4 is 17.5 Å². The molecule has 0 spiro atoms. The maximum atomic E-state index is 12.3. The summed E-state index contributed by atoms with van der Waals surface area (Å²) in [6, 6.07) is 7.45. The molecule has 1 fully saturated rings. The average Bonchev–Trinajstić information content (AvgIpc) is 2.47. The minimum atomic E-state index is 0.0411. The lowest BCUT2D eigenvalue weighted by molar-refractivity contribution is -0.136. The van der Waals surface area contributed by atoms with Gasteiger partial charge in [-0.15, -0.1) is 0 Å². The lowest BCUT2D eigenvalue weighted by Crippen LogP contribution is -2.47. The standard InChI is InChI=1S/C15H21ClN2O2/c1-2-18(13-6-8-17-9-7-13)15(19)11-20-14-5-3-4-12(16)10-14/h3-5,10,13,17H,2,6-9,11H2,1H3. The molecule has 1 heterocycles. The van der Waals surface area contributed by atoms with Crippen LogP contribution in [0.15, 0.2) is 24.3 Å². The molecule has 1 aliphatic heterocycles. The number of hydrogen-bond donors (Lipinski definition) is 1. The lowest BCUT2D eigenvalue weighted by Gasteiger charge is -2.33. The van der Waals surface area contributed by atoms with E-state index in [0.717, 1.165) is 32.5 Å². The number of halogens is 1. The zero-order chi connectivity index (χ0) is 14.4. The van der Waals surface area contributed by atoms with Crippen LogP contribution in [0.1, 0.15) is 19.8 Å². The molecule has 2 rings (SSSR count). The molecular formula is C15H21ClN2O2. The van der Waals surface area contributed by atoms with E-state index in [0.29, 0.717) is 16.8 Å². The minimum absolute atomic E-state index is 0.0411. The molecule has 0 aromatic heterocycles. The lowest BCUT2D eigenvalue weighted by atomic mass is 10.0. The number of likely N-dealkylation sites (N-methyl/N-ethyl adjacent to an activating group) is 1. The number of carbonyl (C=O) groups excluding carboxylic acids is 1. The molecular weight excluding hydrogens is 276 g/mol. The zero-order valence-corrected chi connectivity index (χ0v) is 12.5. The van der Waals surface area contributed by atoms with Crippen molar-refractivity contribution in [2.45, 2.75) is 25.8 Å². The predicted molar refractivity (Wildman–Crippen MR) is 80.2 cm³/mol. The minimum Gasteiger partial charge on any atom is -0.484 e. The maximum Gasteiger partial charge on any atom is 0.260 e. The Balaban J connectivity index is 1.88. The average molecular weight is 297 g/mol. The first-order valence-corrected chi connectivity index (χ1v) is 7.47. The monoisotopic (exact) mass is 296 g/mol. The third kappa shape index (κ3) is 4.12. The van der Waals surface area contributed by atoms with Crippen LogP contribution in [0.25, 0.3) is 0 Å². The van der Waals surface area contributed by atoms with E-state index in [-0.39, 0.29) is 12.5 Å². The van der Waals surface area contributed by atoms with Crippen molar-refractivity contribution in [1.29, 1.82) is 0 Å². The van der Waals surface area contributed by atoms with Crippen LogP contribution < -0.4 is 10.1 Å². The van der Waals surface area contributed by atoms with Gasteiger partial charge in [-0.25, -0.2) is 0 Å². The van der Waals surface area contributed by atoms with Crippen molar-refractivity contribution in [2.75, 3.05) is 26.2 Å². The highest BCUT2D eigenvalue weighted by atomic mass is 35.5. The van der Waals surface area contributed by atoms with Crippen molar-refractivity contribution < 1.29 is 9.53 Å². The second-order valence-corrected chi connectivity index (χ2v) is 5.34. The largest absolute Gasteiger partial charge is 0.484 e. The Bertz CT molecular complexity index is 447. The molecule has 5 heteroatoms. The molecule has 1 aromatic carbocycles. The van der Waals surface area contributed by atoms with Gasteiger partial charge in [0.05, 0.1) is 0 Å². The molecule has 0 radical (unpaired) electrons. The molecule has 110 valence electrons. The zero-order valence-electron chi connectivity index (χ0n) is 11.8. The van der Waals surface area contributed by atoms with Gasteiger partial charge >= 0.3 is 0 Å². The Morgan fingerprint density at radius 3 is 2.85 bits per heavy atom. The first-order valence-electron chi connectivity index (χ1n) is 7.09. The van der Waals surface area contributed by atoms with E-state index in [9.17, 15) is 4.79 Å². The fourth-order valence-corrected chi connectivity index (χ4v) is 2.72. The number of carbonyl (C=O) groups is 1. The molecule has 1 N–H and O–H groups in total. The van der Waals surface area contributed by atoms with Gasteiger partial charge in [-0.2, -0.15) is 0 Å². The number of amides is 1. The van der Waals surface area contributed by atoms with Gasteiger partial charge in [0.1, 0.15) is 5.75 Å². The van der Waals surface area contributed by atoms with Crippen LogP contribution in [-0.4, -0.2) is 43.1 Å². The summed E-state index contributed by atoms with van der Waals surface area (Å²) in [5, 5.41) is 3.92. The normalized spacial score (nSPS) is 15.9. The van der Waals surface area contributed by atoms with Crippen LogP contribution in [0, 0.1) is 0 Å². The van der Waals surface area contributed by atoms with Crippen molar-refractivity contribution in [1.82, 2.24) is 10.2 Å². The van der Waals surface area contributed by atoms with Crippen molar-refractivity contribution in [2.24, 2.45) is 0 Å². The highest BCUT2D eigenvalue weighted by molar-refractivity contribution is 6.30. The topological polar surface area (TPSA) is 41.6 Å². The Morgan fingerprint density at radius 1 is 1.45 bits per heavy atom. The van der Waals surface area contributed by atoms with Crippen molar-refractivity contribution in [3.8, 4) is 5.75 Å². The van der Waals surface area contributed by atoms with Crippen LogP contribution in [0.5, 0.6) is 5.75 Å². The number of rotatable bonds is 5. The number of benzene rings is 1. The number of hydrogen-bond acceptors (Lipinski definition) is 3. The van der Waals surface area contributed by atoms with Crippen LogP contribution in [-0.2, 0) is 4.79 Å². The Labute approximate surface area is 125 Å². The second kappa shape index (κ2) is 7.50. The van der Waals surface area contributed by atoms with E-state index in [4.69, 9.17) is 16.3 Å². The molecule has 0 unspecified atom stereocenters. The van der Waals surface area contributed by atoms with Crippen molar-refractivity contribution in [3.63, 3.8) is 0 Å². The summed E-state index contributed by atoms with van der Waals surface area (Å²) >= 11 is 5.89. The van der Waals surface area contributed by atoms with E-state index < -0.39 is 0 Å². The molecule has 1 saturated heterocycles. The van der Waals surface area contributed by atoms with Gasteiger partial charge in [-0.05, 0) is 51.1 Å². The van der Waals surface area contributed by atoms with Crippen LogP contribution in [0.4, 0.5) is 0 Å². The second-order valence-electron chi connectivity index (χ2n) is 4.91. The summed E-state index contributed by atoms with van der Waals surface area (Å²) in [7, 11) is 0. The van der Waals surface area contributed by atoms with Crippen LogP contribution in [0.3, 0.4) is 0 Å². The van der Waals surface area contributed by atoms with Crippen molar-refractivity contribution in [3.05, 3.63) is 29.3 Å². The van der Waals surface area contributed by atoms with E-state index in [1.54, 1.807) is 18.2 Å². The van der Waals surface area contributed by atoms with E-state index in [1.165, 1.54) is 0 Å². The van der Waals surface area contributed by atoms with Gasteiger partial charge in [0.2, 0.25) is 0 Å². The molecule has 0 saturated carbocycles. The van der Waals surface area contributed by atoms with Gasteiger partial charge < -0.3 is 15.0 Å². The Hall–Kier alpha value is -1.26. The van der Waals surface area contributed by atoms with E-state index in [1.807, 2.05) is 17.9 Å². The molecule has 20 heavy (non-hydrogen) atoms. The van der Waals surface area contributed by atoms with Gasteiger partial charge in [0.25, 0.3) is 5.91 Å². The van der Waals surface area contributed by atoms with Crippen LogP contribution >= 0.6 is 11.6 Å². The quantitative estimate of drug-likeness (QED) is 0.907. The summed E-state index contributed by atoms with van der Waals surface area (Å²) in [4.78, 5) is 14.2. The number of nitrogens with zero attached hydrogens (tertiary/aromatic N) is 1. The fraction of sp³-hybridized carbons (Fsp3) is 0.533. The van der Waals surface area contributed by atoms with Gasteiger partial charge in [-0.1, -0.05) is 17.7 Å².